The quantitative estimate of drug-likeness (QED) is 0.285. The maximum Gasteiger partial charge on any atom is 0.257 e. The van der Waals surface area contributed by atoms with Crippen LogP contribution in [0.4, 0.5) is 11.4 Å². The maximum atomic E-state index is 13.3. The van der Waals surface area contributed by atoms with E-state index in [4.69, 9.17) is 28.6 Å². The largest absolute Gasteiger partial charge is 0.489 e. The molecule has 0 radical (unpaired) electrons. The van der Waals surface area contributed by atoms with Gasteiger partial charge < -0.3 is 25.2 Å². The highest BCUT2D eigenvalue weighted by Crippen LogP contribution is 2.32. The molecule has 0 spiro atoms. The molecule has 11 heteroatoms. The highest BCUT2D eigenvalue weighted by Gasteiger charge is 2.32. The van der Waals surface area contributed by atoms with Gasteiger partial charge in [-0.2, -0.15) is 0 Å². The van der Waals surface area contributed by atoms with E-state index in [0.29, 0.717) is 35.0 Å². The SMILES string of the molecule is Cc1ccccc1N1CCC(Oc2ccc(NC(=O)[C@H]3CCCCN3C(=O)CNC(=S)NC(=O)c3ccccc3)cc2Cl)CC1. The highest BCUT2D eigenvalue weighted by molar-refractivity contribution is 7.80. The van der Waals surface area contributed by atoms with Gasteiger partial charge in [0, 0.05) is 49.4 Å². The highest BCUT2D eigenvalue weighted by atomic mass is 35.5. The Labute approximate surface area is 274 Å². The van der Waals surface area contributed by atoms with Crippen LogP contribution in [0, 0.1) is 6.92 Å². The van der Waals surface area contributed by atoms with Crippen molar-refractivity contribution in [3.63, 3.8) is 0 Å². The Balaban J connectivity index is 1.11. The summed E-state index contributed by atoms with van der Waals surface area (Å²) in [6.07, 6.45) is 3.99. The Bertz CT molecular complexity index is 1530. The van der Waals surface area contributed by atoms with Gasteiger partial charge in [-0.25, -0.2) is 0 Å². The van der Waals surface area contributed by atoms with Crippen molar-refractivity contribution in [1.29, 1.82) is 0 Å². The van der Waals surface area contributed by atoms with E-state index in [1.807, 2.05) is 6.07 Å². The summed E-state index contributed by atoms with van der Waals surface area (Å²) in [6.45, 7) is 4.26. The number of nitrogens with one attached hydrogen (secondary N) is 3. The van der Waals surface area contributed by atoms with Crippen molar-refractivity contribution in [2.24, 2.45) is 0 Å². The van der Waals surface area contributed by atoms with Gasteiger partial charge in [0.15, 0.2) is 5.11 Å². The molecule has 3 amide bonds. The van der Waals surface area contributed by atoms with Crippen molar-refractivity contribution in [2.75, 3.05) is 36.4 Å². The van der Waals surface area contributed by atoms with E-state index in [1.165, 1.54) is 11.3 Å². The Morgan fingerprint density at radius 1 is 0.933 bits per heavy atom. The van der Waals surface area contributed by atoms with Crippen molar-refractivity contribution in [3.05, 3.63) is 88.9 Å². The van der Waals surface area contributed by atoms with Crippen LogP contribution in [0.1, 0.15) is 48.0 Å². The average Bonchev–Trinajstić information content (AvgIpc) is 3.06. The second-order valence-corrected chi connectivity index (χ2v) is 12.1. The molecule has 0 saturated carbocycles. The van der Waals surface area contributed by atoms with Gasteiger partial charge in [0.25, 0.3) is 5.91 Å². The minimum absolute atomic E-state index is 0.0454. The second-order valence-electron chi connectivity index (χ2n) is 11.3. The third kappa shape index (κ3) is 8.52. The zero-order valence-electron chi connectivity index (χ0n) is 25.3. The van der Waals surface area contributed by atoms with E-state index >= 15 is 0 Å². The third-order valence-corrected chi connectivity index (χ3v) is 8.72. The molecule has 3 aromatic rings. The Kier molecular flexibility index (Phi) is 10.9. The number of benzene rings is 3. The number of aryl methyl sites for hydroxylation is 1. The van der Waals surface area contributed by atoms with Gasteiger partial charge in [0.1, 0.15) is 17.9 Å². The minimum atomic E-state index is -0.631. The number of piperidine rings is 2. The third-order valence-electron chi connectivity index (χ3n) is 8.18. The summed E-state index contributed by atoms with van der Waals surface area (Å²) in [5.41, 5.74) is 3.52. The van der Waals surface area contributed by atoms with Crippen molar-refractivity contribution in [3.8, 4) is 5.75 Å². The van der Waals surface area contributed by atoms with Gasteiger partial charge in [-0.1, -0.05) is 48.0 Å². The lowest BCUT2D eigenvalue weighted by molar-refractivity contribution is -0.139. The summed E-state index contributed by atoms with van der Waals surface area (Å²) in [5.74, 6) is -0.341. The lowest BCUT2D eigenvalue weighted by Gasteiger charge is -2.35. The number of nitrogens with zero attached hydrogens (tertiary/aromatic N) is 2. The number of ether oxygens (including phenoxy) is 1. The van der Waals surface area contributed by atoms with Gasteiger partial charge in [-0.3, -0.25) is 19.7 Å². The molecular formula is C34H38ClN5O4S. The van der Waals surface area contributed by atoms with Crippen LogP contribution in [0.3, 0.4) is 0 Å². The molecule has 9 nitrogen and oxygen atoms in total. The predicted molar refractivity (Wildman–Crippen MR) is 181 cm³/mol. The summed E-state index contributed by atoms with van der Waals surface area (Å²) < 4.78 is 6.25. The average molecular weight is 648 g/mol. The van der Waals surface area contributed by atoms with Crippen LogP contribution < -0.4 is 25.6 Å². The second kappa shape index (κ2) is 15.2. The van der Waals surface area contributed by atoms with Gasteiger partial charge >= 0.3 is 0 Å². The number of carbonyl (C=O) groups excluding carboxylic acids is 3. The van der Waals surface area contributed by atoms with Gasteiger partial charge in [-0.15, -0.1) is 0 Å². The van der Waals surface area contributed by atoms with Gasteiger partial charge in [0.05, 0.1) is 11.6 Å². The number of amides is 3. The van der Waals surface area contributed by atoms with Crippen LogP contribution in [-0.4, -0.2) is 66.1 Å². The fourth-order valence-electron chi connectivity index (χ4n) is 5.78. The first kappa shape index (κ1) is 32.2. The zero-order chi connectivity index (χ0) is 31.8. The van der Waals surface area contributed by atoms with Crippen molar-refractivity contribution in [1.82, 2.24) is 15.5 Å². The first-order valence-corrected chi connectivity index (χ1v) is 16.1. The Morgan fingerprint density at radius 2 is 1.67 bits per heavy atom. The molecule has 2 fully saturated rings. The standard InChI is InChI=1S/C34H38ClN5O4S/c1-23-9-5-6-12-28(23)39-19-16-26(17-20-39)44-30-15-14-25(21-27(30)35)37-33(43)29-13-7-8-18-40(29)31(41)22-36-34(45)38-32(42)24-10-3-2-4-11-24/h2-6,9-12,14-15,21,26,29H,7-8,13,16-20,22H2,1H3,(H,37,43)(H2,36,38,42,45)/t29-/m1/s1. The van der Waals surface area contributed by atoms with E-state index in [-0.39, 0.29) is 35.5 Å². The number of thiocarbonyl (C=S) groups is 1. The molecule has 3 N–H and O–H groups in total. The summed E-state index contributed by atoms with van der Waals surface area (Å²) >= 11 is 11.8. The number of para-hydroxylation sites is 1. The summed E-state index contributed by atoms with van der Waals surface area (Å²) in [6, 6.07) is 21.7. The lowest BCUT2D eigenvalue weighted by atomic mass is 10.0. The zero-order valence-corrected chi connectivity index (χ0v) is 26.8. The van der Waals surface area contributed by atoms with Crippen LogP contribution in [0.5, 0.6) is 5.75 Å². The molecule has 2 heterocycles. The van der Waals surface area contributed by atoms with Crippen molar-refractivity contribution >= 4 is 58.0 Å². The molecule has 2 aliphatic rings. The molecule has 1 atom stereocenters. The number of hydrogen-bond donors (Lipinski definition) is 3. The first-order valence-electron chi connectivity index (χ1n) is 15.3. The van der Waals surface area contributed by atoms with Gasteiger partial charge in [-0.05, 0) is 80.4 Å². The maximum absolute atomic E-state index is 13.3. The molecule has 2 aliphatic heterocycles. The minimum Gasteiger partial charge on any atom is -0.489 e. The number of rotatable bonds is 8. The van der Waals surface area contributed by atoms with E-state index in [0.717, 1.165) is 38.8 Å². The summed E-state index contributed by atoms with van der Waals surface area (Å²) in [4.78, 5) is 42.7. The van der Waals surface area contributed by atoms with Crippen LogP contribution in [0.25, 0.3) is 0 Å². The van der Waals surface area contributed by atoms with E-state index in [1.54, 1.807) is 47.4 Å². The molecule has 236 valence electrons. The molecule has 0 unspecified atom stereocenters. The molecule has 3 aromatic carbocycles. The molecule has 0 aromatic heterocycles. The fraction of sp³-hybridized carbons (Fsp3) is 0.353. The van der Waals surface area contributed by atoms with Crippen LogP contribution in [0.15, 0.2) is 72.8 Å². The van der Waals surface area contributed by atoms with Gasteiger partial charge in [0.2, 0.25) is 11.8 Å². The molecule has 5 rings (SSSR count). The Morgan fingerprint density at radius 3 is 2.40 bits per heavy atom. The number of hydrogen-bond acceptors (Lipinski definition) is 6. The molecule has 45 heavy (non-hydrogen) atoms. The number of anilines is 2. The van der Waals surface area contributed by atoms with E-state index in [9.17, 15) is 14.4 Å². The summed E-state index contributed by atoms with van der Waals surface area (Å²) in [5, 5.41) is 8.75. The molecular weight excluding hydrogens is 610 g/mol. The Hall–Kier alpha value is -4.15. The van der Waals surface area contributed by atoms with E-state index in [2.05, 4.69) is 52.0 Å². The normalized spacial score (nSPS) is 16.9. The molecule has 0 aliphatic carbocycles. The summed E-state index contributed by atoms with van der Waals surface area (Å²) in [7, 11) is 0. The molecule has 0 bridgehead atoms. The van der Waals surface area contributed by atoms with Crippen LogP contribution >= 0.6 is 23.8 Å². The smallest absolute Gasteiger partial charge is 0.257 e. The number of likely N-dealkylation sites (tertiary alicyclic amines) is 1. The predicted octanol–water partition coefficient (Wildman–Crippen LogP) is 5.32. The first-order chi connectivity index (χ1) is 21.8. The van der Waals surface area contributed by atoms with Crippen LogP contribution in [-0.2, 0) is 9.59 Å². The lowest BCUT2D eigenvalue weighted by Crippen LogP contribution is -2.53. The molecule has 2 saturated heterocycles. The monoisotopic (exact) mass is 647 g/mol. The van der Waals surface area contributed by atoms with Crippen LogP contribution in [0.2, 0.25) is 5.02 Å². The van der Waals surface area contributed by atoms with Crippen molar-refractivity contribution < 1.29 is 19.1 Å². The van der Waals surface area contributed by atoms with Crippen molar-refractivity contribution in [2.45, 2.75) is 51.2 Å². The van der Waals surface area contributed by atoms with E-state index < -0.39 is 6.04 Å². The topological polar surface area (TPSA) is 103 Å². The number of carbonyl (C=O) groups is 3. The number of halogens is 1. The fourth-order valence-corrected chi connectivity index (χ4v) is 6.17.